The molecule has 0 spiro atoms. The van der Waals surface area contributed by atoms with Crippen LogP contribution in [0.2, 0.25) is 0 Å². The Morgan fingerprint density at radius 2 is 1.82 bits per heavy atom. The van der Waals surface area contributed by atoms with Crippen molar-refractivity contribution in [2.45, 2.75) is 38.4 Å². The maximum Gasteiger partial charge on any atom is 0.459 e. The van der Waals surface area contributed by atoms with Crippen LogP contribution in [0.25, 0.3) is 0 Å². The molecule has 0 aliphatic carbocycles. The van der Waals surface area contributed by atoms with E-state index in [1.165, 1.54) is 22.6 Å². The Hall–Kier alpha value is -0.480. The van der Waals surface area contributed by atoms with Gasteiger partial charge in [-0.15, -0.1) is 5.10 Å². The van der Waals surface area contributed by atoms with Crippen molar-refractivity contribution in [1.29, 1.82) is 0 Å². The topological polar surface area (TPSA) is 30.7 Å². The van der Waals surface area contributed by atoms with Gasteiger partial charge < -0.3 is 0 Å². The summed E-state index contributed by atoms with van der Waals surface area (Å²) in [6, 6.07) is 0. The molecule has 0 aromatic carbocycles. The third-order valence-electron chi connectivity index (χ3n) is 2.07. The summed E-state index contributed by atoms with van der Waals surface area (Å²) in [5, 5.41) is 6.58. The van der Waals surface area contributed by atoms with Crippen LogP contribution >= 0.6 is 22.6 Å². The zero-order valence-corrected chi connectivity index (χ0v) is 10.9. The number of rotatable bonds is 4. The molecule has 0 aliphatic heterocycles. The SMILES string of the molecule is CCCCn1nnc(I)c1C(F)(F)C(F)(F)F. The van der Waals surface area contributed by atoms with Gasteiger partial charge in [0, 0.05) is 6.54 Å². The summed E-state index contributed by atoms with van der Waals surface area (Å²) in [5.41, 5.74) is -1.18. The number of nitrogens with zero attached hydrogens (tertiary/aromatic N) is 3. The van der Waals surface area contributed by atoms with Crippen LogP contribution in [0.4, 0.5) is 22.0 Å². The lowest BCUT2D eigenvalue weighted by molar-refractivity contribution is -0.292. The Morgan fingerprint density at radius 1 is 1.24 bits per heavy atom. The van der Waals surface area contributed by atoms with Crippen LogP contribution in [0.15, 0.2) is 0 Å². The number of unbranched alkanes of at least 4 members (excludes halogenated alkanes) is 1. The standard InChI is InChI=1S/C8H9F5IN3/c1-2-3-4-17-5(6(14)15-16-17)7(9,10)8(11,12)13/h2-4H2,1H3. The predicted octanol–water partition coefficient (Wildman–Crippen LogP) is 3.34. The minimum absolute atomic E-state index is 0.00644. The van der Waals surface area contributed by atoms with Crippen molar-refractivity contribution in [1.82, 2.24) is 15.0 Å². The lowest BCUT2D eigenvalue weighted by Gasteiger charge is -2.20. The number of alkyl halides is 5. The first-order valence-electron chi connectivity index (χ1n) is 4.75. The minimum Gasteiger partial charge on any atom is -0.242 e. The number of halogens is 6. The predicted molar refractivity (Wildman–Crippen MR) is 57.6 cm³/mol. The van der Waals surface area contributed by atoms with E-state index in [0.29, 0.717) is 17.5 Å². The number of aromatic nitrogens is 3. The summed E-state index contributed by atoms with van der Waals surface area (Å²) in [5.74, 6) is -4.93. The van der Waals surface area contributed by atoms with Crippen molar-refractivity contribution >= 4 is 22.6 Å². The van der Waals surface area contributed by atoms with Crippen molar-refractivity contribution in [2.75, 3.05) is 0 Å². The average Bonchev–Trinajstić information content (AvgIpc) is 2.55. The Labute approximate surface area is 108 Å². The molecule has 0 aliphatic rings. The van der Waals surface area contributed by atoms with E-state index in [2.05, 4.69) is 10.3 Å². The van der Waals surface area contributed by atoms with Crippen LogP contribution in [0, 0.1) is 3.70 Å². The first kappa shape index (κ1) is 14.6. The van der Waals surface area contributed by atoms with Gasteiger partial charge in [0.25, 0.3) is 0 Å². The quantitative estimate of drug-likeness (QED) is 0.602. The molecule has 0 unspecified atom stereocenters. The molecule has 1 aromatic rings. The molecule has 17 heavy (non-hydrogen) atoms. The van der Waals surface area contributed by atoms with E-state index in [9.17, 15) is 22.0 Å². The minimum atomic E-state index is -5.64. The first-order valence-corrected chi connectivity index (χ1v) is 5.83. The maximum absolute atomic E-state index is 13.2. The molecule has 1 rings (SSSR count). The lowest BCUT2D eigenvalue weighted by atomic mass is 10.2. The van der Waals surface area contributed by atoms with Crippen LogP contribution in [0.3, 0.4) is 0 Å². The van der Waals surface area contributed by atoms with Gasteiger partial charge in [0.2, 0.25) is 0 Å². The van der Waals surface area contributed by atoms with E-state index in [-0.39, 0.29) is 6.54 Å². The number of hydrogen-bond acceptors (Lipinski definition) is 2. The highest BCUT2D eigenvalue weighted by molar-refractivity contribution is 14.1. The second kappa shape index (κ2) is 5.02. The molecule has 9 heteroatoms. The molecular weight excluding hydrogens is 360 g/mol. The van der Waals surface area contributed by atoms with E-state index in [4.69, 9.17) is 0 Å². The molecule has 0 bridgehead atoms. The Kier molecular flexibility index (Phi) is 4.31. The molecule has 0 radical (unpaired) electrons. The molecule has 0 saturated heterocycles. The second-order valence-corrected chi connectivity index (χ2v) is 4.40. The fraction of sp³-hybridized carbons (Fsp3) is 0.750. The van der Waals surface area contributed by atoms with Gasteiger partial charge >= 0.3 is 12.1 Å². The molecule has 1 heterocycles. The van der Waals surface area contributed by atoms with Crippen LogP contribution in [-0.2, 0) is 12.5 Å². The van der Waals surface area contributed by atoms with Gasteiger partial charge in [-0.25, -0.2) is 4.68 Å². The maximum atomic E-state index is 13.2. The molecule has 0 amide bonds. The number of hydrogen-bond donors (Lipinski definition) is 0. The van der Waals surface area contributed by atoms with Gasteiger partial charge in [0.05, 0.1) is 0 Å². The van der Waals surface area contributed by atoms with E-state index in [0.717, 1.165) is 0 Å². The van der Waals surface area contributed by atoms with Crippen molar-refractivity contribution in [2.24, 2.45) is 0 Å². The van der Waals surface area contributed by atoms with E-state index >= 15 is 0 Å². The second-order valence-electron chi connectivity index (χ2n) is 3.38. The van der Waals surface area contributed by atoms with Gasteiger partial charge in [0.15, 0.2) is 9.39 Å². The monoisotopic (exact) mass is 369 g/mol. The van der Waals surface area contributed by atoms with Gasteiger partial charge in [-0.05, 0) is 29.0 Å². The van der Waals surface area contributed by atoms with E-state index in [1.54, 1.807) is 6.92 Å². The van der Waals surface area contributed by atoms with Gasteiger partial charge in [-0.3, -0.25) is 0 Å². The van der Waals surface area contributed by atoms with Crippen LogP contribution in [0.5, 0.6) is 0 Å². The molecule has 0 N–H and O–H groups in total. The zero-order valence-electron chi connectivity index (χ0n) is 8.73. The van der Waals surface area contributed by atoms with Crippen LogP contribution in [-0.4, -0.2) is 21.2 Å². The highest BCUT2D eigenvalue weighted by Gasteiger charge is 2.62. The van der Waals surface area contributed by atoms with Crippen molar-refractivity contribution in [3.63, 3.8) is 0 Å². The summed E-state index contributed by atoms with van der Waals surface area (Å²) in [7, 11) is 0. The highest BCUT2D eigenvalue weighted by atomic mass is 127. The summed E-state index contributed by atoms with van der Waals surface area (Å²) < 4.78 is 63.4. The van der Waals surface area contributed by atoms with Crippen molar-refractivity contribution < 1.29 is 22.0 Å². The molecule has 0 saturated carbocycles. The molecule has 0 atom stereocenters. The van der Waals surface area contributed by atoms with Gasteiger partial charge in [0.1, 0.15) is 0 Å². The molecule has 98 valence electrons. The molecular formula is C8H9F5IN3. The van der Waals surface area contributed by atoms with Crippen LogP contribution in [0.1, 0.15) is 25.5 Å². The summed E-state index contributed by atoms with van der Waals surface area (Å²) in [4.78, 5) is 0. The Balaban J connectivity index is 3.16. The average molecular weight is 369 g/mol. The first-order chi connectivity index (χ1) is 7.71. The van der Waals surface area contributed by atoms with Gasteiger partial charge in [-0.2, -0.15) is 22.0 Å². The van der Waals surface area contributed by atoms with Crippen molar-refractivity contribution in [3.8, 4) is 0 Å². The van der Waals surface area contributed by atoms with E-state index < -0.39 is 21.5 Å². The van der Waals surface area contributed by atoms with E-state index in [1.807, 2.05) is 0 Å². The Morgan fingerprint density at radius 3 is 2.29 bits per heavy atom. The molecule has 0 fully saturated rings. The third kappa shape index (κ3) is 2.86. The zero-order chi connectivity index (χ0) is 13.3. The normalized spacial score (nSPS) is 13.1. The summed E-state index contributed by atoms with van der Waals surface area (Å²) in [6.07, 6.45) is -4.52. The third-order valence-corrected chi connectivity index (χ3v) is 2.80. The summed E-state index contributed by atoms with van der Waals surface area (Å²) >= 11 is 1.32. The number of aryl methyl sites for hydroxylation is 1. The molecule has 1 aromatic heterocycles. The largest absolute Gasteiger partial charge is 0.459 e. The van der Waals surface area contributed by atoms with Crippen LogP contribution < -0.4 is 0 Å². The highest BCUT2D eigenvalue weighted by Crippen LogP contribution is 2.44. The smallest absolute Gasteiger partial charge is 0.242 e. The summed E-state index contributed by atoms with van der Waals surface area (Å²) in [6.45, 7) is 1.79. The lowest BCUT2D eigenvalue weighted by Crippen LogP contribution is -2.36. The fourth-order valence-electron chi connectivity index (χ4n) is 1.18. The fourth-order valence-corrected chi connectivity index (χ4v) is 1.90. The Bertz CT molecular complexity index is 387. The van der Waals surface area contributed by atoms with Crippen molar-refractivity contribution in [3.05, 3.63) is 9.39 Å². The van der Waals surface area contributed by atoms with Gasteiger partial charge in [-0.1, -0.05) is 18.6 Å². The molecule has 3 nitrogen and oxygen atoms in total.